The molecule has 140 valence electrons. The lowest BCUT2D eigenvalue weighted by molar-refractivity contribution is -0.121. The van der Waals surface area contributed by atoms with Crippen molar-refractivity contribution in [3.8, 4) is 17.2 Å². The summed E-state index contributed by atoms with van der Waals surface area (Å²) >= 11 is 0. The molecule has 7 heteroatoms. The minimum atomic E-state index is -0.951. The number of hydrogen-bond donors (Lipinski definition) is 1. The molecule has 1 atom stereocenters. The molecule has 0 heterocycles. The van der Waals surface area contributed by atoms with Gasteiger partial charge in [0.25, 0.3) is 0 Å². The van der Waals surface area contributed by atoms with E-state index in [9.17, 15) is 13.6 Å². The van der Waals surface area contributed by atoms with Crippen LogP contribution in [0.3, 0.4) is 0 Å². The molecule has 2 rings (SSSR count). The highest BCUT2D eigenvalue weighted by molar-refractivity contribution is 5.79. The van der Waals surface area contributed by atoms with E-state index in [1.54, 1.807) is 19.1 Å². The fourth-order valence-corrected chi connectivity index (χ4v) is 2.58. The Labute approximate surface area is 150 Å². The van der Waals surface area contributed by atoms with Crippen LogP contribution >= 0.6 is 0 Å². The first-order valence-corrected chi connectivity index (χ1v) is 7.92. The monoisotopic (exact) mass is 365 g/mol. The standard InChI is InChI=1S/C19H21F2NO4/c1-11(13-5-6-14(20)15(21)10-13)22-18(23)9-12-7-16(24-2)19(26-4)17(8-12)25-3/h5-8,10-11H,9H2,1-4H3,(H,22,23)/t11-/m1/s1. The average molecular weight is 365 g/mol. The second-order valence-electron chi connectivity index (χ2n) is 5.67. The molecular formula is C19H21F2NO4. The molecule has 0 saturated heterocycles. The third-order valence-corrected chi connectivity index (χ3v) is 3.91. The SMILES string of the molecule is COc1cc(CC(=O)N[C@H](C)c2ccc(F)c(F)c2)cc(OC)c1OC. The minimum Gasteiger partial charge on any atom is -0.493 e. The summed E-state index contributed by atoms with van der Waals surface area (Å²) in [5.41, 5.74) is 1.14. The minimum absolute atomic E-state index is 0.0602. The van der Waals surface area contributed by atoms with Gasteiger partial charge >= 0.3 is 0 Å². The van der Waals surface area contributed by atoms with Crippen molar-refractivity contribution in [3.63, 3.8) is 0 Å². The lowest BCUT2D eigenvalue weighted by Gasteiger charge is -2.16. The van der Waals surface area contributed by atoms with Crippen LogP contribution in [0.2, 0.25) is 0 Å². The Kier molecular flexibility index (Phi) is 6.38. The molecule has 1 amide bonds. The second kappa shape index (κ2) is 8.51. The molecule has 0 aliphatic carbocycles. The first kappa shape index (κ1) is 19.5. The number of amides is 1. The quantitative estimate of drug-likeness (QED) is 0.817. The van der Waals surface area contributed by atoms with E-state index in [2.05, 4.69) is 5.32 Å². The highest BCUT2D eigenvalue weighted by atomic mass is 19.2. The summed E-state index contributed by atoms with van der Waals surface area (Å²) in [4.78, 5) is 12.3. The fourth-order valence-electron chi connectivity index (χ4n) is 2.58. The van der Waals surface area contributed by atoms with Crippen LogP contribution in [0.4, 0.5) is 8.78 Å². The normalized spacial score (nSPS) is 11.6. The van der Waals surface area contributed by atoms with Crippen molar-refractivity contribution in [3.05, 3.63) is 53.1 Å². The maximum atomic E-state index is 13.3. The Bertz CT molecular complexity index is 770. The maximum Gasteiger partial charge on any atom is 0.224 e. The number of carbonyl (C=O) groups excluding carboxylic acids is 1. The number of carbonyl (C=O) groups is 1. The Hall–Kier alpha value is -2.83. The molecule has 2 aromatic rings. The van der Waals surface area contributed by atoms with Gasteiger partial charge in [-0.2, -0.15) is 0 Å². The second-order valence-corrected chi connectivity index (χ2v) is 5.67. The van der Waals surface area contributed by atoms with Crippen LogP contribution < -0.4 is 19.5 Å². The van der Waals surface area contributed by atoms with E-state index in [0.29, 0.717) is 28.4 Å². The molecule has 0 radical (unpaired) electrons. The van der Waals surface area contributed by atoms with E-state index in [1.807, 2.05) is 0 Å². The summed E-state index contributed by atoms with van der Waals surface area (Å²) in [6.07, 6.45) is 0.0602. The van der Waals surface area contributed by atoms with Crippen LogP contribution in [0.25, 0.3) is 0 Å². The smallest absolute Gasteiger partial charge is 0.224 e. The Morgan fingerprint density at radius 1 is 1.00 bits per heavy atom. The van der Waals surface area contributed by atoms with Gasteiger partial charge in [0.2, 0.25) is 11.7 Å². The molecule has 5 nitrogen and oxygen atoms in total. The third-order valence-electron chi connectivity index (χ3n) is 3.91. The summed E-state index contributed by atoms with van der Waals surface area (Å²) in [6, 6.07) is 6.43. The molecule has 0 aromatic heterocycles. The van der Waals surface area contributed by atoms with E-state index in [4.69, 9.17) is 14.2 Å². The molecule has 0 fully saturated rings. The first-order chi connectivity index (χ1) is 12.4. The predicted octanol–water partition coefficient (Wildman–Crippen LogP) is 3.41. The van der Waals surface area contributed by atoms with Crippen molar-refractivity contribution in [2.45, 2.75) is 19.4 Å². The van der Waals surface area contributed by atoms with Gasteiger partial charge in [0.1, 0.15) is 0 Å². The van der Waals surface area contributed by atoms with E-state index >= 15 is 0 Å². The zero-order valence-corrected chi connectivity index (χ0v) is 15.1. The largest absolute Gasteiger partial charge is 0.493 e. The van der Waals surface area contributed by atoms with Gasteiger partial charge in [-0.05, 0) is 42.3 Å². The van der Waals surface area contributed by atoms with Crippen molar-refractivity contribution in [1.82, 2.24) is 5.32 Å². The van der Waals surface area contributed by atoms with Gasteiger partial charge in [-0.1, -0.05) is 6.07 Å². The fraction of sp³-hybridized carbons (Fsp3) is 0.316. The van der Waals surface area contributed by atoms with E-state index < -0.39 is 17.7 Å². The summed E-state index contributed by atoms with van der Waals surface area (Å²) in [6.45, 7) is 1.69. The van der Waals surface area contributed by atoms with Gasteiger partial charge in [0.15, 0.2) is 23.1 Å². The van der Waals surface area contributed by atoms with E-state index in [1.165, 1.54) is 27.4 Å². The van der Waals surface area contributed by atoms with Crippen molar-refractivity contribution < 1.29 is 27.8 Å². The number of methoxy groups -OCH3 is 3. The van der Waals surface area contributed by atoms with Gasteiger partial charge in [-0.3, -0.25) is 4.79 Å². The zero-order valence-electron chi connectivity index (χ0n) is 15.1. The highest BCUT2D eigenvalue weighted by Crippen LogP contribution is 2.38. The molecule has 0 aliphatic heterocycles. The van der Waals surface area contributed by atoms with Crippen LogP contribution in [0.1, 0.15) is 24.1 Å². The summed E-state index contributed by atoms with van der Waals surface area (Å²) in [7, 11) is 4.48. The number of ether oxygens (including phenoxy) is 3. The molecule has 0 saturated carbocycles. The van der Waals surface area contributed by atoms with Crippen molar-refractivity contribution in [2.75, 3.05) is 21.3 Å². The van der Waals surface area contributed by atoms with E-state index in [-0.39, 0.29) is 12.3 Å². The third kappa shape index (κ3) is 4.41. The van der Waals surface area contributed by atoms with E-state index in [0.717, 1.165) is 12.1 Å². The Balaban J connectivity index is 2.12. The predicted molar refractivity (Wildman–Crippen MR) is 92.7 cm³/mol. The molecular weight excluding hydrogens is 344 g/mol. The molecule has 0 bridgehead atoms. The van der Waals surface area contributed by atoms with Crippen LogP contribution in [0.5, 0.6) is 17.2 Å². The van der Waals surface area contributed by atoms with Crippen LogP contribution in [0, 0.1) is 11.6 Å². The number of hydrogen-bond acceptors (Lipinski definition) is 4. The highest BCUT2D eigenvalue weighted by Gasteiger charge is 2.16. The molecule has 2 aromatic carbocycles. The lowest BCUT2D eigenvalue weighted by Crippen LogP contribution is -2.28. The number of benzene rings is 2. The van der Waals surface area contributed by atoms with Crippen LogP contribution in [-0.2, 0) is 11.2 Å². The summed E-state index contributed by atoms with van der Waals surface area (Å²) in [5.74, 6) is -0.824. The van der Waals surface area contributed by atoms with Crippen molar-refractivity contribution >= 4 is 5.91 Å². The van der Waals surface area contributed by atoms with Crippen molar-refractivity contribution in [1.29, 1.82) is 0 Å². The average Bonchev–Trinajstić information content (AvgIpc) is 2.62. The molecule has 0 unspecified atom stereocenters. The first-order valence-electron chi connectivity index (χ1n) is 7.92. The lowest BCUT2D eigenvalue weighted by atomic mass is 10.1. The summed E-state index contributed by atoms with van der Waals surface area (Å²) < 4.78 is 42.1. The number of rotatable bonds is 7. The number of halogens is 2. The molecule has 1 N–H and O–H groups in total. The van der Waals surface area contributed by atoms with Crippen molar-refractivity contribution in [2.24, 2.45) is 0 Å². The topological polar surface area (TPSA) is 56.8 Å². The number of nitrogens with one attached hydrogen (secondary N) is 1. The molecule has 26 heavy (non-hydrogen) atoms. The van der Waals surface area contributed by atoms with Gasteiger partial charge in [0, 0.05) is 0 Å². The van der Waals surface area contributed by atoms with Gasteiger partial charge in [-0.15, -0.1) is 0 Å². The Morgan fingerprint density at radius 3 is 2.12 bits per heavy atom. The molecule has 0 aliphatic rings. The zero-order chi connectivity index (χ0) is 19.3. The van der Waals surface area contributed by atoms with Gasteiger partial charge in [0.05, 0.1) is 33.8 Å². The summed E-state index contributed by atoms with van der Waals surface area (Å²) in [5, 5.41) is 2.75. The van der Waals surface area contributed by atoms with Gasteiger partial charge < -0.3 is 19.5 Å². The van der Waals surface area contributed by atoms with Crippen LogP contribution in [0.15, 0.2) is 30.3 Å². The Morgan fingerprint density at radius 2 is 1.62 bits per heavy atom. The van der Waals surface area contributed by atoms with Crippen LogP contribution in [-0.4, -0.2) is 27.2 Å². The maximum absolute atomic E-state index is 13.3. The molecule has 0 spiro atoms. The van der Waals surface area contributed by atoms with Gasteiger partial charge in [-0.25, -0.2) is 8.78 Å².